The van der Waals surface area contributed by atoms with Crippen LogP contribution in [0.2, 0.25) is 0 Å². The second kappa shape index (κ2) is 11.7. The Balaban J connectivity index is 1.58. The number of nitrogens with one attached hydrogen (secondary N) is 2. The standard InChI is InChI=1S/C33H37N5O5/c1-33(2,3)29(21-15-16-24-25(17-21)43-19-42-24)36-27-26(31(40)38(32(27)41)18-20-11-8-7-9-12-20)35-23-14-10-13-22(28(23)39)30(34-4)37(5)6/h7-17,29,35-36,39H,18-19H2,1-6H3/t29-/m0/s1. The van der Waals surface area contributed by atoms with Crippen molar-refractivity contribution in [3.8, 4) is 17.2 Å². The summed E-state index contributed by atoms with van der Waals surface area (Å²) in [7, 11) is 5.30. The second-order valence-corrected chi connectivity index (χ2v) is 11.8. The Morgan fingerprint density at radius 3 is 2.35 bits per heavy atom. The van der Waals surface area contributed by atoms with Crippen molar-refractivity contribution < 1.29 is 24.2 Å². The molecule has 2 heterocycles. The van der Waals surface area contributed by atoms with Crippen molar-refractivity contribution in [1.29, 1.82) is 0 Å². The van der Waals surface area contributed by atoms with Crippen molar-refractivity contribution in [2.75, 3.05) is 33.3 Å². The Hall–Kier alpha value is -4.99. The molecule has 224 valence electrons. The maximum Gasteiger partial charge on any atom is 0.279 e. The van der Waals surface area contributed by atoms with Gasteiger partial charge in [0.2, 0.25) is 6.79 Å². The summed E-state index contributed by atoms with van der Waals surface area (Å²) in [6.07, 6.45) is 0. The number of aliphatic imine (C=N–C) groups is 1. The number of carbonyl (C=O) groups is 2. The number of phenolic OH excluding ortho intramolecular Hbond substituents is 1. The van der Waals surface area contributed by atoms with Gasteiger partial charge >= 0.3 is 0 Å². The smallest absolute Gasteiger partial charge is 0.279 e. The minimum absolute atomic E-state index is 0.0446. The lowest BCUT2D eigenvalue weighted by molar-refractivity contribution is -0.138. The van der Waals surface area contributed by atoms with Gasteiger partial charge in [-0.05, 0) is 40.8 Å². The van der Waals surface area contributed by atoms with Crippen LogP contribution < -0.4 is 20.1 Å². The summed E-state index contributed by atoms with van der Waals surface area (Å²) in [6, 6.07) is 19.8. The van der Waals surface area contributed by atoms with Gasteiger partial charge in [0.1, 0.15) is 23.0 Å². The number of amides is 2. The first-order chi connectivity index (χ1) is 20.5. The Labute approximate surface area is 251 Å². The number of rotatable bonds is 8. The van der Waals surface area contributed by atoms with Gasteiger partial charge in [0.05, 0.1) is 23.8 Å². The molecular weight excluding hydrogens is 546 g/mol. The maximum absolute atomic E-state index is 14.0. The summed E-state index contributed by atoms with van der Waals surface area (Å²) < 4.78 is 11.1. The van der Waals surface area contributed by atoms with Crippen LogP contribution in [0.15, 0.2) is 83.1 Å². The number of carbonyl (C=O) groups excluding carboxylic acids is 2. The molecule has 0 saturated carbocycles. The number of aromatic hydroxyl groups is 1. The molecule has 0 aromatic heterocycles. The molecule has 3 aromatic rings. The Kier molecular flexibility index (Phi) is 8.04. The van der Waals surface area contributed by atoms with Crippen LogP contribution in [0.1, 0.15) is 43.5 Å². The van der Waals surface area contributed by atoms with Gasteiger partial charge < -0.3 is 30.1 Å². The zero-order valence-corrected chi connectivity index (χ0v) is 25.3. The topological polar surface area (TPSA) is 116 Å². The van der Waals surface area contributed by atoms with Gasteiger partial charge in [-0.15, -0.1) is 0 Å². The number of hydrogen-bond donors (Lipinski definition) is 3. The Bertz CT molecular complexity index is 1610. The van der Waals surface area contributed by atoms with E-state index in [4.69, 9.17) is 9.47 Å². The summed E-state index contributed by atoms with van der Waals surface area (Å²) in [6.45, 7) is 6.39. The fourth-order valence-electron chi connectivity index (χ4n) is 5.29. The van der Waals surface area contributed by atoms with Crippen LogP contribution in [0.4, 0.5) is 5.69 Å². The van der Waals surface area contributed by atoms with Gasteiger partial charge in [-0.3, -0.25) is 19.5 Å². The van der Waals surface area contributed by atoms with E-state index in [1.54, 1.807) is 30.1 Å². The maximum atomic E-state index is 14.0. The molecule has 5 rings (SSSR count). The minimum atomic E-state index is -0.503. The molecule has 0 bridgehead atoms. The normalized spacial score (nSPS) is 15.7. The third-order valence-corrected chi connectivity index (χ3v) is 7.41. The molecule has 0 unspecified atom stereocenters. The van der Waals surface area contributed by atoms with Gasteiger partial charge in [0.15, 0.2) is 11.5 Å². The highest BCUT2D eigenvalue weighted by Gasteiger charge is 2.42. The zero-order valence-electron chi connectivity index (χ0n) is 25.3. The second-order valence-electron chi connectivity index (χ2n) is 11.8. The van der Waals surface area contributed by atoms with E-state index in [0.717, 1.165) is 11.1 Å². The van der Waals surface area contributed by atoms with Gasteiger partial charge in [-0.1, -0.05) is 63.2 Å². The van der Waals surface area contributed by atoms with Crippen LogP contribution >= 0.6 is 0 Å². The number of para-hydroxylation sites is 1. The number of benzene rings is 3. The highest BCUT2D eigenvalue weighted by molar-refractivity contribution is 6.20. The van der Waals surface area contributed by atoms with E-state index in [2.05, 4.69) is 15.6 Å². The number of nitrogens with zero attached hydrogens (tertiary/aromatic N) is 3. The van der Waals surface area contributed by atoms with E-state index >= 15 is 0 Å². The van der Waals surface area contributed by atoms with Crippen LogP contribution in [0, 0.1) is 5.41 Å². The molecule has 0 spiro atoms. The fourth-order valence-corrected chi connectivity index (χ4v) is 5.29. The number of phenols is 1. The number of anilines is 1. The van der Waals surface area contributed by atoms with E-state index in [9.17, 15) is 14.7 Å². The quantitative estimate of drug-likeness (QED) is 0.152. The van der Waals surface area contributed by atoms with Gasteiger partial charge in [0.25, 0.3) is 11.8 Å². The van der Waals surface area contributed by atoms with Gasteiger partial charge in [0, 0.05) is 21.1 Å². The number of fused-ring (bicyclic) bond motifs is 1. The SMILES string of the molecule is CN=C(c1cccc(NC2=C(N[C@@H](c3ccc4c(c3)OCO4)C(C)(C)C)C(=O)N(Cc3ccccc3)C2=O)c1O)N(C)C. The number of hydrogen-bond acceptors (Lipinski definition) is 8. The van der Waals surface area contributed by atoms with Crippen LogP contribution in [0.5, 0.6) is 17.2 Å². The number of ether oxygens (including phenoxy) is 2. The van der Waals surface area contributed by atoms with Gasteiger partial charge in [-0.2, -0.15) is 0 Å². The Morgan fingerprint density at radius 2 is 1.67 bits per heavy atom. The summed E-state index contributed by atoms with van der Waals surface area (Å²) in [5.41, 5.74) is 2.20. The predicted octanol–water partition coefficient (Wildman–Crippen LogP) is 4.63. The largest absolute Gasteiger partial charge is 0.505 e. The third kappa shape index (κ3) is 5.86. The molecule has 0 saturated heterocycles. The van der Waals surface area contributed by atoms with E-state index in [-0.39, 0.29) is 41.6 Å². The third-order valence-electron chi connectivity index (χ3n) is 7.41. The minimum Gasteiger partial charge on any atom is -0.505 e. The highest BCUT2D eigenvalue weighted by atomic mass is 16.7. The average molecular weight is 584 g/mol. The van der Waals surface area contributed by atoms with Crippen LogP contribution in [-0.4, -0.2) is 60.5 Å². The molecule has 10 nitrogen and oxygen atoms in total. The van der Waals surface area contributed by atoms with E-state index in [0.29, 0.717) is 22.9 Å². The zero-order chi connectivity index (χ0) is 30.9. The molecular formula is C33H37N5O5. The lowest BCUT2D eigenvalue weighted by Gasteiger charge is -2.33. The molecule has 2 aliphatic rings. The number of amidine groups is 1. The molecule has 2 amide bonds. The molecule has 10 heteroatoms. The predicted molar refractivity (Wildman–Crippen MR) is 165 cm³/mol. The molecule has 0 fully saturated rings. The van der Waals surface area contributed by atoms with Crippen LogP contribution in [-0.2, 0) is 16.1 Å². The Morgan fingerprint density at radius 1 is 0.977 bits per heavy atom. The van der Waals surface area contributed by atoms with Crippen molar-refractivity contribution in [3.63, 3.8) is 0 Å². The molecule has 3 N–H and O–H groups in total. The summed E-state index contributed by atoms with van der Waals surface area (Å²) >= 11 is 0. The van der Waals surface area contributed by atoms with Crippen LogP contribution in [0.25, 0.3) is 0 Å². The van der Waals surface area contributed by atoms with Crippen molar-refractivity contribution >= 4 is 23.3 Å². The molecule has 1 atom stereocenters. The fraction of sp³-hybridized carbons (Fsp3) is 0.303. The molecule has 0 radical (unpaired) electrons. The van der Waals surface area contributed by atoms with E-state index in [1.165, 1.54) is 4.90 Å². The molecule has 43 heavy (non-hydrogen) atoms. The molecule has 2 aliphatic heterocycles. The van der Waals surface area contributed by atoms with Crippen molar-refractivity contribution in [3.05, 3.63) is 94.8 Å². The van der Waals surface area contributed by atoms with Crippen molar-refractivity contribution in [1.82, 2.24) is 15.1 Å². The van der Waals surface area contributed by atoms with Gasteiger partial charge in [-0.25, -0.2) is 0 Å². The van der Waals surface area contributed by atoms with E-state index in [1.807, 2.05) is 83.4 Å². The average Bonchev–Trinajstić information content (AvgIpc) is 3.52. The van der Waals surface area contributed by atoms with Crippen LogP contribution in [0.3, 0.4) is 0 Å². The first-order valence-electron chi connectivity index (χ1n) is 14.0. The highest BCUT2D eigenvalue weighted by Crippen LogP contribution is 2.41. The molecule has 3 aromatic carbocycles. The summed E-state index contributed by atoms with van der Waals surface area (Å²) in [5, 5.41) is 17.8. The first kappa shape index (κ1) is 29.5. The number of imide groups is 1. The first-order valence-corrected chi connectivity index (χ1v) is 14.0. The van der Waals surface area contributed by atoms with Crippen molar-refractivity contribution in [2.24, 2.45) is 10.4 Å². The van der Waals surface area contributed by atoms with Crippen molar-refractivity contribution in [2.45, 2.75) is 33.4 Å². The monoisotopic (exact) mass is 583 g/mol. The lowest BCUT2D eigenvalue weighted by atomic mass is 9.82. The summed E-state index contributed by atoms with van der Waals surface area (Å²) in [5.74, 6) is 0.776. The molecule has 0 aliphatic carbocycles. The summed E-state index contributed by atoms with van der Waals surface area (Å²) in [4.78, 5) is 35.2. The lowest BCUT2D eigenvalue weighted by Crippen LogP contribution is -2.37. The van der Waals surface area contributed by atoms with E-state index < -0.39 is 17.9 Å².